The zero-order valence-electron chi connectivity index (χ0n) is 11.1. The summed E-state index contributed by atoms with van der Waals surface area (Å²) < 4.78 is 19.4. The summed E-state index contributed by atoms with van der Waals surface area (Å²) in [6.07, 6.45) is 1.42. The summed E-state index contributed by atoms with van der Waals surface area (Å²) >= 11 is 0. The van der Waals surface area contributed by atoms with Gasteiger partial charge in [0.05, 0.1) is 12.2 Å². The fourth-order valence-corrected chi connectivity index (χ4v) is 2.49. The molecule has 1 saturated heterocycles. The number of para-hydroxylation sites is 1. The molecule has 1 aliphatic rings. The Labute approximate surface area is 111 Å². The molecule has 1 fully saturated rings. The molecule has 0 N–H and O–H groups in total. The smallest absolute Gasteiger partial charge is 0.149 e. The van der Waals surface area contributed by atoms with Crippen molar-refractivity contribution < 1.29 is 9.13 Å². The van der Waals surface area contributed by atoms with Crippen LogP contribution >= 0.6 is 0 Å². The van der Waals surface area contributed by atoms with Gasteiger partial charge in [0.25, 0.3) is 0 Å². The number of fused-ring (bicyclic) bond motifs is 1. The number of benzene rings is 1. The average molecular weight is 261 g/mol. The van der Waals surface area contributed by atoms with E-state index in [4.69, 9.17) is 4.74 Å². The molecule has 1 aromatic heterocycles. The summed E-state index contributed by atoms with van der Waals surface area (Å²) in [5, 5.41) is 0.750. The van der Waals surface area contributed by atoms with Crippen molar-refractivity contribution in [3.63, 3.8) is 0 Å². The summed E-state index contributed by atoms with van der Waals surface area (Å²) in [6, 6.07) is 4.97. The largest absolute Gasteiger partial charge is 0.372 e. The van der Waals surface area contributed by atoms with Gasteiger partial charge in [0, 0.05) is 18.5 Å². The average Bonchev–Trinajstić information content (AvgIpc) is 2.37. The van der Waals surface area contributed by atoms with Gasteiger partial charge in [0.15, 0.2) is 0 Å². The Bertz CT molecular complexity index is 615. The molecule has 0 bridgehead atoms. The molecule has 19 heavy (non-hydrogen) atoms. The summed E-state index contributed by atoms with van der Waals surface area (Å²) in [5.41, 5.74) is 0.153. The molecule has 3 rings (SSSR count). The van der Waals surface area contributed by atoms with Crippen LogP contribution in [-0.4, -0.2) is 35.3 Å². The molecule has 0 radical (unpaired) electrons. The van der Waals surface area contributed by atoms with E-state index in [1.807, 2.05) is 19.9 Å². The Balaban J connectivity index is 2.08. The Morgan fingerprint density at radius 2 is 2.16 bits per heavy atom. The summed E-state index contributed by atoms with van der Waals surface area (Å²) in [6.45, 7) is 6.22. The monoisotopic (exact) mass is 261 g/mol. The van der Waals surface area contributed by atoms with Crippen molar-refractivity contribution in [3.05, 3.63) is 30.3 Å². The SMILES string of the molecule is CC1(C)CN(c2ncnc3c(F)cccc23)CCO1. The highest BCUT2D eigenvalue weighted by Crippen LogP contribution is 2.28. The molecule has 1 aliphatic heterocycles. The first-order valence-corrected chi connectivity index (χ1v) is 6.35. The number of nitrogens with zero attached hydrogens (tertiary/aromatic N) is 3. The maximum absolute atomic E-state index is 13.8. The van der Waals surface area contributed by atoms with Gasteiger partial charge in [-0.2, -0.15) is 0 Å². The summed E-state index contributed by atoms with van der Waals surface area (Å²) in [4.78, 5) is 10.5. The zero-order valence-corrected chi connectivity index (χ0v) is 11.1. The van der Waals surface area contributed by atoms with E-state index in [-0.39, 0.29) is 11.4 Å². The Hall–Kier alpha value is -1.75. The number of rotatable bonds is 1. The maximum Gasteiger partial charge on any atom is 0.149 e. The van der Waals surface area contributed by atoms with Crippen LogP contribution in [0.15, 0.2) is 24.5 Å². The highest BCUT2D eigenvalue weighted by Gasteiger charge is 2.28. The topological polar surface area (TPSA) is 38.2 Å². The molecule has 0 amide bonds. The Kier molecular flexibility index (Phi) is 2.86. The molecule has 4 nitrogen and oxygen atoms in total. The van der Waals surface area contributed by atoms with E-state index in [9.17, 15) is 4.39 Å². The molecular weight excluding hydrogens is 245 g/mol. The van der Waals surface area contributed by atoms with Gasteiger partial charge in [-0.15, -0.1) is 0 Å². The first kappa shape index (κ1) is 12.3. The van der Waals surface area contributed by atoms with E-state index in [0.29, 0.717) is 12.1 Å². The highest BCUT2D eigenvalue weighted by molar-refractivity contribution is 5.89. The van der Waals surface area contributed by atoms with Crippen LogP contribution < -0.4 is 4.90 Å². The maximum atomic E-state index is 13.8. The van der Waals surface area contributed by atoms with Gasteiger partial charge in [0.1, 0.15) is 23.5 Å². The fourth-order valence-electron chi connectivity index (χ4n) is 2.49. The van der Waals surface area contributed by atoms with E-state index in [1.54, 1.807) is 6.07 Å². The highest BCUT2D eigenvalue weighted by atomic mass is 19.1. The number of morpholine rings is 1. The van der Waals surface area contributed by atoms with Crippen LogP contribution in [0.5, 0.6) is 0 Å². The van der Waals surface area contributed by atoms with Gasteiger partial charge < -0.3 is 9.64 Å². The number of ether oxygens (including phenoxy) is 1. The van der Waals surface area contributed by atoms with Gasteiger partial charge >= 0.3 is 0 Å². The minimum atomic E-state index is -0.311. The van der Waals surface area contributed by atoms with Crippen LogP contribution in [-0.2, 0) is 4.74 Å². The van der Waals surface area contributed by atoms with Crippen LogP contribution in [0.3, 0.4) is 0 Å². The van der Waals surface area contributed by atoms with E-state index >= 15 is 0 Å². The molecule has 2 aromatic rings. The first-order chi connectivity index (χ1) is 9.07. The number of aromatic nitrogens is 2. The van der Waals surface area contributed by atoms with Crippen molar-refractivity contribution in [3.8, 4) is 0 Å². The van der Waals surface area contributed by atoms with Crippen molar-refractivity contribution in [2.45, 2.75) is 19.4 Å². The lowest BCUT2D eigenvalue weighted by molar-refractivity contribution is -0.0278. The first-order valence-electron chi connectivity index (χ1n) is 6.35. The number of hydrogen-bond acceptors (Lipinski definition) is 4. The third kappa shape index (κ3) is 2.26. The van der Waals surface area contributed by atoms with E-state index in [1.165, 1.54) is 12.4 Å². The zero-order chi connectivity index (χ0) is 13.5. The third-order valence-electron chi connectivity index (χ3n) is 3.32. The molecule has 1 aromatic carbocycles. The predicted molar refractivity (Wildman–Crippen MR) is 71.7 cm³/mol. The van der Waals surface area contributed by atoms with Crippen LogP contribution in [0.25, 0.3) is 10.9 Å². The minimum Gasteiger partial charge on any atom is -0.372 e. The van der Waals surface area contributed by atoms with Gasteiger partial charge in [-0.05, 0) is 26.0 Å². The quantitative estimate of drug-likeness (QED) is 0.790. The van der Waals surface area contributed by atoms with E-state index < -0.39 is 0 Å². The van der Waals surface area contributed by atoms with Crippen molar-refractivity contribution in [2.75, 3.05) is 24.6 Å². The molecule has 2 heterocycles. The minimum absolute atomic E-state index is 0.219. The normalized spacial score (nSPS) is 18.8. The second-order valence-electron chi connectivity index (χ2n) is 5.36. The van der Waals surface area contributed by atoms with Crippen LogP contribution in [0.4, 0.5) is 10.2 Å². The molecule has 0 aliphatic carbocycles. The van der Waals surface area contributed by atoms with Gasteiger partial charge in [-0.3, -0.25) is 0 Å². The van der Waals surface area contributed by atoms with Crippen molar-refractivity contribution in [1.29, 1.82) is 0 Å². The number of anilines is 1. The second kappa shape index (κ2) is 4.42. The van der Waals surface area contributed by atoms with Gasteiger partial charge in [-0.25, -0.2) is 14.4 Å². The van der Waals surface area contributed by atoms with Crippen molar-refractivity contribution in [1.82, 2.24) is 9.97 Å². The Morgan fingerprint density at radius 1 is 1.32 bits per heavy atom. The summed E-state index contributed by atoms with van der Waals surface area (Å²) in [7, 11) is 0. The van der Waals surface area contributed by atoms with Crippen LogP contribution in [0, 0.1) is 5.82 Å². The van der Waals surface area contributed by atoms with Crippen molar-refractivity contribution >= 4 is 16.7 Å². The molecule has 0 atom stereocenters. The van der Waals surface area contributed by atoms with E-state index in [2.05, 4.69) is 14.9 Å². The molecule has 100 valence electrons. The number of hydrogen-bond donors (Lipinski definition) is 0. The van der Waals surface area contributed by atoms with Gasteiger partial charge in [-0.1, -0.05) is 6.07 Å². The Morgan fingerprint density at radius 3 is 2.95 bits per heavy atom. The fraction of sp³-hybridized carbons (Fsp3) is 0.429. The molecule has 5 heteroatoms. The van der Waals surface area contributed by atoms with Crippen LogP contribution in [0.2, 0.25) is 0 Å². The van der Waals surface area contributed by atoms with E-state index in [0.717, 1.165) is 24.3 Å². The molecule has 0 unspecified atom stereocenters. The molecular formula is C14H16FN3O. The molecule has 0 spiro atoms. The lowest BCUT2D eigenvalue weighted by atomic mass is 10.1. The van der Waals surface area contributed by atoms with Crippen molar-refractivity contribution in [2.24, 2.45) is 0 Å². The lowest BCUT2D eigenvalue weighted by Gasteiger charge is -2.39. The van der Waals surface area contributed by atoms with Crippen LogP contribution in [0.1, 0.15) is 13.8 Å². The van der Waals surface area contributed by atoms with Gasteiger partial charge in [0.2, 0.25) is 0 Å². The predicted octanol–water partition coefficient (Wildman–Crippen LogP) is 2.38. The standard InChI is InChI=1S/C14H16FN3O/c1-14(2)8-18(6-7-19-14)13-10-4-3-5-11(15)12(10)16-9-17-13/h3-5,9H,6-8H2,1-2H3. The lowest BCUT2D eigenvalue weighted by Crippen LogP contribution is -2.48. The summed E-state index contributed by atoms with van der Waals surface area (Å²) in [5.74, 6) is 0.467. The third-order valence-corrected chi connectivity index (χ3v) is 3.32. The molecule has 0 saturated carbocycles. The second-order valence-corrected chi connectivity index (χ2v) is 5.36. The number of halogens is 1.